The molecule has 0 unspecified atom stereocenters. The van der Waals surface area contributed by atoms with Gasteiger partial charge in [0.2, 0.25) is 0 Å². The SMILES string of the molecule is Cc1cccc(SCc2ccc(F)c(C#CCCO)c2)c1. The number of benzene rings is 2. The molecular formula is C18H17FOS. The first-order valence-electron chi connectivity index (χ1n) is 6.76. The Morgan fingerprint density at radius 2 is 2.05 bits per heavy atom. The molecule has 0 atom stereocenters. The summed E-state index contributed by atoms with van der Waals surface area (Å²) in [5, 5.41) is 8.70. The van der Waals surface area contributed by atoms with Crippen LogP contribution in [-0.4, -0.2) is 11.7 Å². The maximum Gasteiger partial charge on any atom is 0.138 e. The van der Waals surface area contributed by atoms with E-state index in [1.165, 1.54) is 16.5 Å². The van der Waals surface area contributed by atoms with Gasteiger partial charge in [0, 0.05) is 17.1 Å². The molecule has 0 saturated heterocycles. The number of hydrogen-bond donors (Lipinski definition) is 1. The van der Waals surface area contributed by atoms with Crippen LogP contribution in [0.25, 0.3) is 0 Å². The minimum absolute atomic E-state index is 0.00246. The van der Waals surface area contributed by atoms with E-state index in [0.29, 0.717) is 12.0 Å². The van der Waals surface area contributed by atoms with Crippen LogP contribution in [0.5, 0.6) is 0 Å². The topological polar surface area (TPSA) is 20.2 Å². The maximum absolute atomic E-state index is 13.6. The molecule has 21 heavy (non-hydrogen) atoms. The van der Waals surface area contributed by atoms with Gasteiger partial charge in [-0.25, -0.2) is 4.39 Å². The quantitative estimate of drug-likeness (QED) is 0.676. The van der Waals surface area contributed by atoms with Crippen molar-refractivity contribution < 1.29 is 9.50 Å². The van der Waals surface area contributed by atoms with Gasteiger partial charge in [0.25, 0.3) is 0 Å². The van der Waals surface area contributed by atoms with Crippen LogP contribution in [0, 0.1) is 24.6 Å². The lowest BCUT2D eigenvalue weighted by Gasteiger charge is -2.04. The smallest absolute Gasteiger partial charge is 0.138 e. The number of rotatable bonds is 4. The molecule has 0 fully saturated rings. The van der Waals surface area contributed by atoms with E-state index in [-0.39, 0.29) is 12.4 Å². The summed E-state index contributed by atoms with van der Waals surface area (Å²) < 4.78 is 13.6. The Labute approximate surface area is 129 Å². The molecule has 1 nitrogen and oxygen atoms in total. The highest BCUT2D eigenvalue weighted by molar-refractivity contribution is 7.98. The van der Waals surface area contributed by atoms with Crippen molar-refractivity contribution in [3.63, 3.8) is 0 Å². The van der Waals surface area contributed by atoms with Gasteiger partial charge < -0.3 is 5.11 Å². The first-order chi connectivity index (χ1) is 10.2. The van der Waals surface area contributed by atoms with Crippen LogP contribution >= 0.6 is 11.8 Å². The molecule has 2 rings (SSSR count). The number of aryl methyl sites for hydroxylation is 1. The number of aliphatic hydroxyl groups excluding tert-OH is 1. The van der Waals surface area contributed by atoms with E-state index in [1.54, 1.807) is 23.9 Å². The van der Waals surface area contributed by atoms with Gasteiger partial charge in [0.15, 0.2) is 0 Å². The van der Waals surface area contributed by atoms with Gasteiger partial charge in [-0.2, -0.15) is 0 Å². The molecule has 0 heterocycles. The molecule has 3 heteroatoms. The molecule has 2 aromatic carbocycles. The molecule has 0 bridgehead atoms. The lowest BCUT2D eigenvalue weighted by molar-refractivity contribution is 0.305. The van der Waals surface area contributed by atoms with Gasteiger partial charge in [0.1, 0.15) is 5.82 Å². The molecule has 0 radical (unpaired) electrons. The highest BCUT2D eigenvalue weighted by Crippen LogP contribution is 2.24. The molecule has 0 amide bonds. The predicted molar refractivity (Wildman–Crippen MR) is 85.7 cm³/mol. The molecule has 0 aliphatic heterocycles. The van der Waals surface area contributed by atoms with Gasteiger partial charge in [-0.15, -0.1) is 11.8 Å². The molecule has 108 valence electrons. The summed E-state index contributed by atoms with van der Waals surface area (Å²) in [6.07, 6.45) is 0.363. The van der Waals surface area contributed by atoms with Crippen molar-refractivity contribution in [3.8, 4) is 11.8 Å². The van der Waals surface area contributed by atoms with Crippen LogP contribution in [0.1, 0.15) is 23.1 Å². The van der Waals surface area contributed by atoms with Crippen LogP contribution in [0.4, 0.5) is 4.39 Å². The van der Waals surface area contributed by atoms with E-state index in [1.807, 2.05) is 6.07 Å². The summed E-state index contributed by atoms with van der Waals surface area (Å²) >= 11 is 1.72. The summed E-state index contributed by atoms with van der Waals surface area (Å²) in [6.45, 7) is 2.06. The Morgan fingerprint density at radius 1 is 1.19 bits per heavy atom. The molecule has 0 spiro atoms. The summed E-state index contributed by atoms with van der Waals surface area (Å²) in [7, 11) is 0. The van der Waals surface area contributed by atoms with Crippen molar-refractivity contribution in [1.29, 1.82) is 0 Å². The molecule has 0 aliphatic carbocycles. The first kappa shape index (κ1) is 15.6. The van der Waals surface area contributed by atoms with Crippen molar-refractivity contribution in [1.82, 2.24) is 0 Å². The number of halogens is 1. The summed E-state index contributed by atoms with van der Waals surface area (Å²) in [5.41, 5.74) is 2.66. The minimum atomic E-state index is -0.315. The third kappa shape index (κ3) is 4.93. The zero-order chi connectivity index (χ0) is 15.1. The van der Waals surface area contributed by atoms with E-state index in [2.05, 4.69) is 37.0 Å². The lowest BCUT2D eigenvalue weighted by atomic mass is 10.1. The molecule has 2 aromatic rings. The summed E-state index contributed by atoms with van der Waals surface area (Å²) in [6, 6.07) is 13.3. The van der Waals surface area contributed by atoms with Crippen molar-refractivity contribution in [2.45, 2.75) is 24.0 Å². The summed E-state index contributed by atoms with van der Waals surface area (Å²) in [5.74, 6) is 5.98. The van der Waals surface area contributed by atoms with Gasteiger partial charge in [-0.05, 0) is 36.8 Å². The lowest BCUT2D eigenvalue weighted by Crippen LogP contribution is -1.88. The fourth-order valence-corrected chi connectivity index (χ4v) is 2.80. The van der Waals surface area contributed by atoms with E-state index < -0.39 is 0 Å². The third-order valence-corrected chi connectivity index (χ3v) is 3.95. The third-order valence-electron chi connectivity index (χ3n) is 2.89. The number of hydrogen-bond acceptors (Lipinski definition) is 2. The first-order valence-corrected chi connectivity index (χ1v) is 7.75. The van der Waals surface area contributed by atoms with Crippen molar-refractivity contribution >= 4 is 11.8 Å². The standard InChI is InChI=1S/C18H17FOS/c1-14-5-4-7-17(11-14)21-13-15-8-9-18(19)16(12-15)6-2-3-10-20/h4-5,7-9,11-12,20H,3,10,13H2,1H3. The monoisotopic (exact) mass is 300 g/mol. The Bertz CT molecular complexity index is 670. The highest BCUT2D eigenvalue weighted by Gasteiger charge is 2.02. The molecular weight excluding hydrogens is 283 g/mol. The fraction of sp³-hybridized carbons (Fsp3) is 0.222. The fourth-order valence-electron chi connectivity index (χ4n) is 1.84. The van der Waals surface area contributed by atoms with Crippen LogP contribution < -0.4 is 0 Å². The second kappa shape index (κ2) is 7.87. The molecule has 0 saturated carbocycles. The van der Waals surface area contributed by atoms with Gasteiger partial charge in [0.05, 0.1) is 12.2 Å². The summed E-state index contributed by atoms with van der Waals surface area (Å²) in [4.78, 5) is 1.20. The van der Waals surface area contributed by atoms with Crippen LogP contribution in [0.15, 0.2) is 47.4 Å². The number of thioether (sulfide) groups is 1. The van der Waals surface area contributed by atoms with Gasteiger partial charge in [-0.3, -0.25) is 0 Å². The minimum Gasteiger partial charge on any atom is -0.395 e. The van der Waals surface area contributed by atoms with E-state index in [0.717, 1.165) is 11.3 Å². The Balaban J connectivity index is 2.07. The zero-order valence-corrected chi connectivity index (χ0v) is 12.7. The molecule has 0 aromatic heterocycles. The average molecular weight is 300 g/mol. The van der Waals surface area contributed by atoms with Crippen LogP contribution in [-0.2, 0) is 5.75 Å². The highest BCUT2D eigenvalue weighted by atomic mass is 32.2. The molecule has 1 N–H and O–H groups in total. The Kier molecular flexibility index (Phi) is 5.86. The normalized spacial score (nSPS) is 10.0. The number of aliphatic hydroxyl groups is 1. The largest absolute Gasteiger partial charge is 0.395 e. The second-order valence-electron chi connectivity index (χ2n) is 4.69. The van der Waals surface area contributed by atoms with Crippen LogP contribution in [0.3, 0.4) is 0 Å². The zero-order valence-electron chi connectivity index (χ0n) is 11.9. The Hall–Kier alpha value is -1.76. The van der Waals surface area contributed by atoms with Crippen molar-refractivity contribution in [2.24, 2.45) is 0 Å². The second-order valence-corrected chi connectivity index (χ2v) is 5.74. The van der Waals surface area contributed by atoms with E-state index in [9.17, 15) is 4.39 Å². The maximum atomic E-state index is 13.6. The van der Waals surface area contributed by atoms with Gasteiger partial charge in [-0.1, -0.05) is 35.6 Å². The molecule has 0 aliphatic rings. The average Bonchev–Trinajstić information content (AvgIpc) is 2.48. The Morgan fingerprint density at radius 3 is 2.81 bits per heavy atom. The van der Waals surface area contributed by atoms with Crippen molar-refractivity contribution in [2.75, 3.05) is 6.61 Å². The van der Waals surface area contributed by atoms with Crippen LogP contribution in [0.2, 0.25) is 0 Å². The van der Waals surface area contributed by atoms with E-state index >= 15 is 0 Å². The van der Waals surface area contributed by atoms with E-state index in [4.69, 9.17) is 5.11 Å². The van der Waals surface area contributed by atoms with Gasteiger partial charge >= 0.3 is 0 Å². The predicted octanol–water partition coefficient (Wildman–Crippen LogP) is 4.16. The van der Waals surface area contributed by atoms with Crippen molar-refractivity contribution in [3.05, 3.63) is 65.0 Å².